The van der Waals surface area contributed by atoms with Crippen LogP contribution in [0.1, 0.15) is 52.6 Å². The quantitative estimate of drug-likeness (QED) is 0.102. The smallest absolute Gasteiger partial charge is 0.303 e. The first-order chi connectivity index (χ1) is 24.7. The Hall–Kier alpha value is -6.09. The van der Waals surface area contributed by atoms with Gasteiger partial charge in [0.1, 0.15) is 0 Å². The van der Waals surface area contributed by atoms with E-state index in [0.717, 1.165) is 66.1 Å². The number of aromatic nitrogens is 3. The second-order valence-corrected chi connectivity index (χ2v) is 13.2. The largest absolute Gasteiger partial charge is 0.481 e. The number of carboxylic acid groups (broad SMARTS) is 3. The summed E-state index contributed by atoms with van der Waals surface area (Å²) < 4.78 is 6.58. The Morgan fingerprint density at radius 2 is 0.706 bits per heavy atom. The van der Waals surface area contributed by atoms with Crippen molar-refractivity contribution in [2.45, 2.75) is 58.2 Å². The average Bonchev–Trinajstić information content (AvgIpc) is 3.77. The zero-order valence-electron chi connectivity index (χ0n) is 28.2. The molecule has 0 unspecified atom stereocenters. The van der Waals surface area contributed by atoms with Gasteiger partial charge in [-0.05, 0) is 70.8 Å². The Kier molecular flexibility index (Phi) is 9.44. The molecule has 258 valence electrons. The summed E-state index contributed by atoms with van der Waals surface area (Å²) in [6.07, 6.45) is 7.75. The van der Waals surface area contributed by atoms with Crippen molar-refractivity contribution in [3.63, 3.8) is 0 Å². The maximum absolute atomic E-state index is 11.4. The molecule has 51 heavy (non-hydrogen) atoms. The Balaban J connectivity index is 1.29. The molecule has 0 atom stereocenters. The predicted molar refractivity (Wildman–Crippen MR) is 197 cm³/mol. The van der Waals surface area contributed by atoms with Crippen molar-refractivity contribution >= 4 is 50.6 Å². The molecule has 3 aromatic heterocycles. The van der Waals surface area contributed by atoms with Crippen LogP contribution in [0.4, 0.5) is 0 Å². The lowest BCUT2D eigenvalue weighted by Crippen LogP contribution is -2.06. The van der Waals surface area contributed by atoms with E-state index >= 15 is 0 Å². The van der Waals surface area contributed by atoms with Crippen LogP contribution in [0.2, 0.25) is 0 Å². The number of aryl methyl sites for hydroxylation is 3. The normalized spacial score (nSPS) is 11.5. The first-order valence-electron chi connectivity index (χ1n) is 17.2. The fraction of sp³-hybridized carbons (Fsp3) is 0.214. The molecule has 9 heteroatoms. The van der Waals surface area contributed by atoms with E-state index in [1.165, 1.54) is 0 Å². The number of hydrogen-bond donors (Lipinski definition) is 3. The maximum atomic E-state index is 11.4. The molecule has 0 saturated heterocycles. The van der Waals surface area contributed by atoms with E-state index in [2.05, 4.69) is 68.7 Å². The molecule has 7 rings (SSSR count). The van der Waals surface area contributed by atoms with Crippen LogP contribution in [0, 0.1) is 0 Å². The minimum Gasteiger partial charge on any atom is -0.481 e. The Morgan fingerprint density at radius 3 is 0.980 bits per heavy atom. The Morgan fingerprint density at radius 1 is 0.431 bits per heavy atom. The summed E-state index contributed by atoms with van der Waals surface area (Å²) in [6.45, 7) is 1.75. The highest BCUT2D eigenvalue weighted by Gasteiger charge is 2.15. The summed E-state index contributed by atoms with van der Waals surface area (Å²) in [5.74, 6) is -2.47. The highest BCUT2D eigenvalue weighted by Crippen LogP contribution is 2.28. The van der Waals surface area contributed by atoms with E-state index in [0.29, 0.717) is 38.9 Å². The molecule has 0 amide bonds. The molecule has 0 aliphatic heterocycles. The Labute approximate surface area is 294 Å². The van der Waals surface area contributed by atoms with E-state index in [1.54, 1.807) is 0 Å². The summed E-state index contributed by atoms with van der Waals surface area (Å²) in [6, 6.07) is 30.9. The van der Waals surface area contributed by atoms with E-state index in [1.807, 2.05) is 54.6 Å². The molecule has 9 nitrogen and oxygen atoms in total. The third kappa shape index (κ3) is 7.43. The first-order valence-corrected chi connectivity index (χ1v) is 17.2. The third-order valence-corrected chi connectivity index (χ3v) is 9.61. The van der Waals surface area contributed by atoms with E-state index < -0.39 is 17.9 Å². The van der Waals surface area contributed by atoms with Crippen molar-refractivity contribution in [2.24, 2.45) is 0 Å². The van der Waals surface area contributed by atoms with Gasteiger partial charge in [0.15, 0.2) is 0 Å². The van der Waals surface area contributed by atoms with Gasteiger partial charge in [-0.1, -0.05) is 72.8 Å². The van der Waals surface area contributed by atoms with Crippen LogP contribution in [0.5, 0.6) is 0 Å². The van der Waals surface area contributed by atoms with Gasteiger partial charge in [0, 0.05) is 90.2 Å². The Bertz CT molecular complexity index is 2130. The fourth-order valence-corrected chi connectivity index (χ4v) is 7.39. The van der Waals surface area contributed by atoms with Gasteiger partial charge in [0.05, 0.1) is 0 Å². The van der Waals surface area contributed by atoms with E-state index in [-0.39, 0.29) is 19.3 Å². The molecular formula is C42H39N3O6. The lowest BCUT2D eigenvalue weighted by atomic mass is 10.0. The summed E-state index contributed by atoms with van der Waals surface area (Å²) in [4.78, 5) is 34.3. The summed E-state index contributed by atoms with van der Waals surface area (Å²) in [5.41, 5.74) is 9.44. The molecule has 0 saturated carbocycles. The van der Waals surface area contributed by atoms with Crippen LogP contribution in [-0.2, 0) is 53.3 Å². The van der Waals surface area contributed by atoms with Crippen molar-refractivity contribution in [1.29, 1.82) is 0 Å². The number of benzene rings is 4. The highest BCUT2D eigenvalue weighted by atomic mass is 16.4. The number of carbonyl (C=O) groups is 3. The fourth-order valence-electron chi connectivity index (χ4n) is 7.39. The zero-order valence-corrected chi connectivity index (χ0v) is 28.2. The molecule has 0 fully saturated rings. The summed E-state index contributed by atoms with van der Waals surface area (Å²) in [5, 5.41) is 31.3. The van der Waals surface area contributed by atoms with E-state index in [9.17, 15) is 29.7 Å². The van der Waals surface area contributed by atoms with E-state index in [4.69, 9.17) is 0 Å². The van der Waals surface area contributed by atoms with Crippen molar-refractivity contribution in [3.05, 3.63) is 143 Å². The van der Waals surface area contributed by atoms with Gasteiger partial charge < -0.3 is 29.0 Å². The number of aliphatic carboxylic acids is 3. The number of carboxylic acids is 3. The van der Waals surface area contributed by atoms with Gasteiger partial charge in [-0.3, -0.25) is 14.4 Å². The van der Waals surface area contributed by atoms with Crippen LogP contribution < -0.4 is 0 Å². The zero-order chi connectivity index (χ0) is 35.5. The third-order valence-electron chi connectivity index (χ3n) is 9.61. The molecule has 0 bridgehead atoms. The highest BCUT2D eigenvalue weighted by molar-refractivity contribution is 5.86. The minimum absolute atomic E-state index is 0.0617. The summed E-state index contributed by atoms with van der Waals surface area (Å²) in [7, 11) is 0. The van der Waals surface area contributed by atoms with Crippen LogP contribution >= 0.6 is 0 Å². The molecule has 0 aliphatic rings. The maximum Gasteiger partial charge on any atom is 0.303 e. The van der Waals surface area contributed by atoms with Crippen LogP contribution in [0.3, 0.4) is 0 Å². The minimum atomic E-state index is -0.823. The monoisotopic (exact) mass is 681 g/mol. The lowest BCUT2D eigenvalue weighted by molar-refractivity contribution is -0.138. The molecule has 0 spiro atoms. The lowest BCUT2D eigenvalue weighted by Gasteiger charge is -2.14. The topological polar surface area (TPSA) is 127 Å². The van der Waals surface area contributed by atoms with Crippen LogP contribution in [0.25, 0.3) is 32.7 Å². The standard InChI is InChI=1S/C42H39N3O6/c46-40(47)16-13-31-25-43(37-10-4-1-7-34(31)37)22-28-19-29(23-44-26-32(14-17-41(48)49)35-8-2-5-11-38(35)44)21-30(20-28)24-45-27-33(15-18-42(50)51)36-9-3-6-12-39(36)45/h1-12,19-21,25-27H,13-18,22-24H2,(H,46,47)(H,48,49)(H,50,51). The molecule has 3 heterocycles. The van der Waals surface area contributed by atoms with Gasteiger partial charge >= 0.3 is 17.9 Å². The van der Waals surface area contributed by atoms with Gasteiger partial charge in [-0.25, -0.2) is 0 Å². The van der Waals surface area contributed by atoms with Crippen LogP contribution in [-0.4, -0.2) is 46.9 Å². The molecule has 0 aliphatic carbocycles. The SMILES string of the molecule is O=C(O)CCc1cn(Cc2cc(Cn3cc(CCC(=O)O)c4ccccc43)cc(Cn3cc(CCC(=O)O)c4ccccc43)c2)c2ccccc12. The number of para-hydroxylation sites is 3. The first kappa shape index (κ1) is 33.4. The number of fused-ring (bicyclic) bond motifs is 3. The second kappa shape index (κ2) is 14.4. The number of hydrogen-bond acceptors (Lipinski definition) is 3. The predicted octanol–water partition coefficient (Wildman–Crippen LogP) is 7.75. The average molecular weight is 682 g/mol. The second-order valence-electron chi connectivity index (χ2n) is 13.2. The molecule has 3 N–H and O–H groups in total. The van der Waals surface area contributed by atoms with Gasteiger partial charge in [0.2, 0.25) is 0 Å². The molecular weight excluding hydrogens is 642 g/mol. The van der Waals surface area contributed by atoms with Crippen molar-refractivity contribution < 1.29 is 29.7 Å². The van der Waals surface area contributed by atoms with Crippen molar-refractivity contribution in [3.8, 4) is 0 Å². The van der Waals surface area contributed by atoms with Crippen molar-refractivity contribution in [1.82, 2.24) is 13.7 Å². The van der Waals surface area contributed by atoms with Gasteiger partial charge in [0.25, 0.3) is 0 Å². The molecule has 0 radical (unpaired) electrons. The number of rotatable bonds is 15. The number of nitrogens with zero attached hydrogens (tertiary/aromatic N) is 3. The van der Waals surface area contributed by atoms with Crippen LogP contribution in [0.15, 0.2) is 110 Å². The van der Waals surface area contributed by atoms with Gasteiger partial charge in [-0.2, -0.15) is 0 Å². The molecule has 4 aromatic carbocycles. The molecule has 7 aromatic rings. The van der Waals surface area contributed by atoms with Crippen molar-refractivity contribution in [2.75, 3.05) is 0 Å². The van der Waals surface area contributed by atoms with Gasteiger partial charge in [-0.15, -0.1) is 0 Å². The summed E-state index contributed by atoms with van der Waals surface area (Å²) >= 11 is 0.